The van der Waals surface area contributed by atoms with Crippen molar-refractivity contribution >= 4 is 64.1 Å². The number of rotatable bonds is 2. The molecule has 2 aliphatic heterocycles. The van der Waals surface area contributed by atoms with E-state index in [0.717, 1.165) is 17.0 Å². The molecule has 2 saturated heterocycles. The van der Waals surface area contributed by atoms with Gasteiger partial charge in [-0.05, 0) is 81.5 Å². The van der Waals surface area contributed by atoms with Crippen LogP contribution >= 0.6 is 34.8 Å². The number of fused-ring (bicyclic) bond motifs is 4. The highest BCUT2D eigenvalue weighted by Crippen LogP contribution is 2.66. The number of phenols is 1. The number of alkyl halides is 2. The van der Waals surface area contributed by atoms with E-state index in [1.807, 2.05) is 6.08 Å². The Labute approximate surface area is 250 Å². The van der Waals surface area contributed by atoms with Crippen molar-refractivity contribution in [1.29, 1.82) is 0 Å². The first-order valence-electron chi connectivity index (χ1n) is 13.2. The van der Waals surface area contributed by atoms with E-state index >= 15 is 0 Å². The van der Waals surface area contributed by atoms with Crippen LogP contribution in [0, 0.1) is 23.6 Å². The Bertz CT molecular complexity index is 1570. The predicted molar refractivity (Wildman–Crippen MR) is 151 cm³/mol. The van der Waals surface area contributed by atoms with E-state index in [1.54, 1.807) is 20.8 Å². The average Bonchev–Trinajstić information content (AvgIpc) is 3.24. The SMILES string of the molecule is CC(C)(C)N1C(=O)C2CC=C3C(CC4(Cl)C(=O)N(c5ccc(F)cc5)C(=O)C4(Cl)C3c3ccc(O)cc3Cl)C2C1=O. The lowest BCUT2D eigenvalue weighted by atomic mass is 9.56. The van der Waals surface area contributed by atoms with Gasteiger partial charge in [0.25, 0.3) is 11.8 Å². The molecule has 2 aliphatic carbocycles. The van der Waals surface area contributed by atoms with Crippen LogP contribution in [0.15, 0.2) is 54.1 Å². The van der Waals surface area contributed by atoms with Gasteiger partial charge in [0.2, 0.25) is 11.8 Å². The third-order valence-electron chi connectivity index (χ3n) is 8.86. The maximum atomic E-state index is 14.3. The van der Waals surface area contributed by atoms with Crippen molar-refractivity contribution < 1.29 is 28.7 Å². The summed E-state index contributed by atoms with van der Waals surface area (Å²) in [5.41, 5.74) is 0.245. The number of hydrogen-bond acceptors (Lipinski definition) is 5. The topological polar surface area (TPSA) is 95.0 Å². The summed E-state index contributed by atoms with van der Waals surface area (Å²) in [6.07, 6.45) is 1.86. The number of halogens is 4. The molecule has 6 unspecified atom stereocenters. The maximum absolute atomic E-state index is 14.3. The Morgan fingerprint density at radius 2 is 1.61 bits per heavy atom. The molecule has 41 heavy (non-hydrogen) atoms. The molecule has 7 nitrogen and oxygen atoms in total. The number of imide groups is 2. The molecular formula is C30H26Cl3FN2O5. The molecule has 4 amide bonds. The number of allylic oxidation sites excluding steroid dienone is 2. The molecule has 214 valence electrons. The monoisotopic (exact) mass is 618 g/mol. The predicted octanol–water partition coefficient (Wildman–Crippen LogP) is 5.55. The molecular weight excluding hydrogens is 594 g/mol. The maximum Gasteiger partial charge on any atom is 0.258 e. The Hall–Kier alpha value is -2.94. The first kappa shape index (κ1) is 28.2. The molecule has 4 aliphatic rings. The lowest BCUT2D eigenvalue weighted by Crippen LogP contribution is -2.60. The molecule has 2 aromatic rings. The van der Waals surface area contributed by atoms with Gasteiger partial charge in [0.15, 0.2) is 9.75 Å². The van der Waals surface area contributed by atoms with Crippen LogP contribution < -0.4 is 4.90 Å². The van der Waals surface area contributed by atoms with Crippen molar-refractivity contribution in [3.8, 4) is 5.75 Å². The number of aromatic hydroxyl groups is 1. The van der Waals surface area contributed by atoms with Crippen molar-refractivity contribution in [3.05, 3.63) is 70.5 Å². The number of likely N-dealkylation sites (tertiary alicyclic amines) is 1. The van der Waals surface area contributed by atoms with Gasteiger partial charge >= 0.3 is 0 Å². The standard InChI is InChI=1S/C30H26Cl3FN2O5/c1-28(2,3)36-24(38)19-11-10-17-20(22(19)25(36)39)13-29(32)26(40)35(15-6-4-14(34)5-7-15)27(41)30(29,33)23(17)18-9-8-16(37)12-21(18)31/h4-10,12,19-20,22-23,37H,11,13H2,1-3H3. The molecule has 11 heteroatoms. The second-order valence-electron chi connectivity index (χ2n) is 12.1. The second kappa shape index (κ2) is 9.03. The van der Waals surface area contributed by atoms with Gasteiger partial charge in [-0.3, -0.25) is 24.1 Å². The fourth-order valence-electron chi connectivity index (χ4n) is 7.16. The number of carbonyl (C=O) groups excluding carboxylic acids is 4. The highest BCUT2D eigenvalue weighted by Gasteiger charge is 2.77. The van der Waals surface area contributed by atoms with E-state index in [2.05, 4.69) is 0 Å². The van der Waals surface area contributed by atoms with E-state index in [0.29, 0.717) is 11.1 Å². The summed E-state index contributed by atoms with van der Waals surface area (Å²) in [6, 6.07) is 9.00. The minimum atomic E-state index is -2.09. The molecule has 1 N–H and O–H groups in total. The van der Waals surface area contributed by atoms with Gasteiger partial charge in [0, 0.05) is 16.5 Å². The summed E-state index contributed by atoms with van der Waals surface area (Å²) >= 11 is 21.2. The van der Waals surface area contributed by atoms with Crippen LogP contribution in [0.1, 0.15) is 45.1 Å². The zero-order chi connectivity index (χ0) is 29.8. The van der Waals surface area contributed by atoms with Crippen LogP contribution in [0.5, 0.6) is 5.75 Å². The second-order valence-corrected chi connectivity index (χ2v) is 13.8. The van der Waals surface area contributed by atoms with Crippen LogP contribution in [0.25, 0.3) is 0 Å². The first-order valence-corrected chi connectivity index (χ1v) is 14.3. The number of carbonyl (C=O) groups is 4. The third kappa shape index (κ3) is 3.69. The summed E-state index contributed by atoms with van der Waals surface area (Å²) < 4.78 is 13.7. The normalized spacial score (nSPS) is 33.1. The number of phenolic OH excluding ortho intramolecular Hbond substituents is 1. The van der Waals surface area contributed by atoms with Crippen molar-refractivity contribution in [3.63, 3.8) is 0 Å². The zero-order valence-electron chi connectivity index (χ0n) is 22.3. The molecule has 6 atom stereocenters. The number of hydrogen-bond donors (Lipinski definition) is 1. The van der Waals surface area contributed by atoms with Gasteiger partial charge in [0.05, 0.1) is 17.5 Å². The molecule has 2 heterocycles. The van der Waals surface area contributed by atoms with Gasteiger partial charge in [0.1, 0.15) is 11.6 Å². The Morgan fingerprint density at radius 3 is 2.22 bits per heavy atom. The molecule has 2 aromatic carbocycles. The van der Waals surface area contributed by atoms with Crippen LogP contribution in [-0.2, 0) is 19.2 Å². The summed E-state index contributed by atoms with van der Waals surface area (Å²) in [4.78, 5) is 53.8. The van der Waals surface area contributed by atoms with Crippen molar-refractivity contribution in [1.82, 2.24) is 4.90 Å². The smallest absolute Gasteiger partial charge is 0.258 e. The number of anilines is 1. The first-order chi connectivity index (χ1) is 19.1. The van der Waals surface area contributed by atoms with Gasteiger partial charge < -0.3 is 5.11 Å². The summed E-state index contributed by atoms with van der Waals surface area (Å²) in [5.74, 6) is -6.23. The van der Waals surface area contributed by atoms with Crippen LogP contribution in [0.2, 0.25) is 5.02 Å². The van der Waals surface area contributed by atoms with Crippen molar-refractivity contribution in [2.75, 3.05) is 4.90 Å². The highest BCUT2D eigenvalue weighted by atomic mass is 35.5. The van der Waals surface area contributed by atoms with Crippen LogP contribution in [-0.4, -0.2) is 48.9 Å². The van der Waals surface area contributed by atoms with E-state index < -0.39 is 56.6 Å². The molecule has 6 rings (SSSR count). The fourth-order valence-corrected chi connectivity index (χ4v) is 8.37. The van der Waals surface area contributed by atoms with Crippen LogP contribution in [0.4, 0.5) is 10.1 Å². The largest absolute Gasteiger partial charge is 0.508 e. The fraction of sp³-hybridized carbons (Fsp3) is 0.400. The average molecular weight is 620 g/mol. The molecule has 0 radical (unpaired) electrons. The number of amides is 4. The molecule has 0 spiro atoms. The van der Waals surface area contributed by atoms with Gasteiger partial charge in [-0.1, -0.05) is 29.3 Å². The Kier molecular flexibility index (Phi) is 6.21. The van der Waals surface area contributed by atoms with Gasteiger partial charge in [-0.25, -0.2) is 9.29 Å². The molecule has 0 bridgehead atoms. The van der Waals surface area contributed by atoms with E-state index in [4.69, 9.17) is 34.8 Å². The van der Waals surface area contributed by atoms with E-state index in [9.17, 15) is 28.7 Å². The summed E-state index contributed by atoms with van der Waals surface area (Å²) in [6.45, 7) is 5.34. The van der Waals surface area contributed by atoms with Crippen LogP contribution in [0.3, 0.4) is 0 Å². The lowest BCUT2D eigenvalue weighted by molar-refractivity contribution is -0.145. The quantitative estimate of drug-likeness (QED) is 0.270. The zero-order valence-corrected chi connectivity index (χ0v) is 24.6. The Morgan fingerprint density at radius 1 is 0.951 bits per heavy atom. The minimum Gasteiger partial charge on any atom is -0.508 e. The van der Waals surface area contributed by atoms with Gasteiger partial charge in [-0.2, -0.15) is 0 Å². The molecule has 1 saturated carbocycles. The third-order valence-corrected chi connectivity index (χ3v) is 10.6. The van der Waals surface area contributed by atoms with Gasteiger partial charge in [-0.15, -0.1) is 23.2 Å². The molecule has 0 aromatic heterocycles. The van der Waals surface area contributed by atoms with Crippen molar-refractivity contribution in [2.45, 2.75) is 54.8 Å². The molecule has 3 fully saturated rings. The lowest BCUT2D eigenvalue weighted by Gasteiger charge is -2.51. The highest BCUT2D eigenvalue weighted by molar-refractivity contribution is 6.58. The minimum absolute atomic E-state index is 0.0864. The van der Waals surface area contributed by atoms with Crippen molar-refractivity contribution in [2.24, 2.45) is 17.8 Å². The van der Waals surface area contributed by atoms with E-state index in [-0.39, 0.29) is 41.1 Å². The number of nitrogens with zero attached hydrogens (tertiary/aromatic N) is 2. The Balaban J connectivity index is 1.57. The number of benzene rings is 2. The van der Waals surface area contributed by atoms with E-state index in [1.165, 1.54) is 35.2 Å². The summed E-state index contributed by atoms with van der Waals surface area (Å²) in [5, 5.41) is 10.2. The summed E-state index contributed by atoms with van der Waals surface area (Å²) in [7, 11) is 0.